The first-order valence-corrected chi connectivity index (χ1v) is 14.2. The number of rotatable bonds is 9. The minimum absolute atomic E-state index is 0.0605. The number of nitrogens with zero attached hydrogens (tertiary/aromatic N) is 3. The summed E-state index contributed by atoms with van der Waals surface area (Å²) in [6, 6.07) is 1.91. The van der Waals surface area contributed by atoms with E-state index < -0.39 is 49.1 Å². The summed E-state index contributed by atoms with van der Waals surface area (Å²) in [7, 11) is 0. The second-order valence-electron chi connectivity index (χ2n) is 12.1. The van der Waals surface area contributed by atoms with Gasteiger partial charge in [-0.2, -0.15) is 9.49 Å². The number of carbonyl (C=O) groups is 2. The average Bonchev–Trinajstić information content (AvgIpc) is 3.87. The van der Waals surface area contributed by atoms with E-state index in [0.717, 1.165) is 38.5 Å². The van der Waals surface area contributed by atoms with Gasteiger partial charge in [0.25, 0.3) is 0 Å². The molecule has 2 N–H and O–H groups in total. The average molecular weight is 560 g/mol. The number of alkyl carbamates (subject to hydrolysis) is 1. The summed E-state index contributed by atoms with van der Waals surface area (Å²) in [4.78, 5) is 30.3. The zero-order valence-corrected chi connectivity index (χ0v) is 23.6. The van der Waals surface area contributed by atoms with E-state index in [2.05, 4.69) is 20.7 Å². The number of hydrogen-bond donors (Lipinski definition) is 2. The molecular weight excluding hydrogens is 513 g/mol. The summed E-state index contributed by atoms with van der Waals surface area (Å²) < 4.78 is 61.4. The molecule has 1 unspecified atom stereocenters. The van der Waals surface area contributed by atoms with Crippen molar-refractivity contribution in [2.24, 2.45) is 17.8 Å². The summed E-state index contributed by atoms with van der Waals surface area (Å²) in [6.07, 6.45) is 2.38. The van der Waals surface area contributed by atoms with Crippen LogP contribution in [0.1, 0.15) is 95.7 Å². The molecule has 3 fully saturated rings. The van der Waals surface area contributed by atoms with E-state index in [1.165, 1.54) is 16.8 Å². The summed E-state index contributed by atoms with van der Waals surface area (Å²) in [5, 5.41) is 9.92. The number of anilines is 1. The van der Waals surface area contributed by atoms with Crippen molar-refractivity contribution >= 4 is 17.8 Å². The Morgan fingerprint density at radius 2 is 1.95 bits per heavy atom. The van der Waals surface area contributed by atoms with Crippen LogP contribution in [-0.2, 0) is 20.6 Å². The Hall–Kier alpha value is -3.01. The second-order valence-corrected chi connectivity index (χ2v) is 12.1. The van der Waals surface area contributed by atoms with Crippen molar-refractivity contribution in [2.75, 3.05) is 11.9 Å². The Kier molecular flexibility index (Phi) is 6.79. The second kappa shape index (κ2) is 11.5. The number of nitrogens with one attached hydrogen (secondary N) is 2. The Morgan fingerprint density at radius 3 is 2.52 bits per heavy atom. The molecule has 1 saturated heterocycles. The van der Waals surface area contributed by atoms with Crippen LogP contribution in [0, 0.1) is 30.6 Å². The molecule has 1 aliphatic heterocycles. The first-order chi connectivity index (χ1) is 20.7. The molecule has 218 valence electrons. The van der Waals surface area contributed by atoms with Crippen molar-refractivity contribution in [2.45, 2.75) is 104 Å². The molecule has 3 aliphatic rings. The number of pyridine rings is 1. The lowest BCUT2D eigenvalue weighted by Gasteiger charge is -2.29. The van der Waals surface area contributed by atoms with Gasteiger partial charge in [0, 0.05) is 28.9 Å². The molecule has 5 rings (SSSR count). The van der Waals surface area contributed by atoms with E-state index in [-0.39, 0.29) is 28.6 Å². The Bertz CT molecular complexity index is 1370. The molecule has 0 aromatic carbocycles. The molecule has 2 atom stereocenters. The zero-order chi connectivity index (χ0) is 32.0. The first-order valence-electron chi connectivity index (χ1n) is 16.4. The van der Waals surface area contributed by atoms with E-state index in [0.29, 0.717) is 30.6 Å². The van der Waals surface area contributed by atoms with E-state index in [1.807, 2.05) is 0 Å². The van der Waals surface area contributed by atoms with Crippen molar-refractivity contribution in [3.8, 4) is 11.1 Å². The van der Waals surface area contributed by atoms with Crippen LogP contribution in [0.3, 0.4) is 0 Å². The molecule has 2 aromatic heterocycles. The van der Waals surface area contributed by atoms with Gasteiger partial charge in [0.2, 0.25) is 11.9 Å². The fraction of sp³-hybridized carbons (Fsp3) is 0.667. The van der Waals surface area contributed by atoms with Gasteiger partial charge in [-0.05, 0) is 109 Å². The SMILES string of the molecule is [2H]C([2H])C([2H])([2H])c1c(-c2ccc(NC(=O)[C@@H](NC(=O)OC(C)(C)C)C(C3CC3)C3CC3)nc2F)c(C)nn1C1CCCCO1. The van der Waals surface area contributed by atoms with Gasteiger partial charge in [-0.25, -0.2) is 14.5 Å². The Morgan fingerprint density at radius 1 is 1.23 bits per heavy atom. The molecule has 0 bridgehead atoms. The van der Waals surface area contributed by atoms with Crippen LogP contribution in [-0.4, -0.2) is 45.0 Å². The Labute approximate surface area is 241 Å². The molecule has 2 aliphatic carbocycles. The van der Waals surface area contributed by atoms with Gasteiger partial charge in [-0.1, -0.05) is 6.88 Å². The normalized spacial score (nSPS) is 22.2. The molecule has 0 radical (unpaired) electrons. The molecule has 10 heteroatoms. The lowest BCUT2D eigenvalue weighted by atomic mass is 9.89. The number of aromatic nitrogens is 3. The maximum absolute atomic E-state index is 15.8. The van der Waals surface area contributed by atoms with Crippen LogP contribution < -0.4 is 10.6 Å². The van der Waals surface area contributed by atoms with E-state index in [9.17, 15) is 9.59 Å². The van der Waals surface area contributed by atoms with Gasteiger partial charge in [0.05, 0.1) is 5.69 Å². The highest BCUT2D eigenvalue weighted by atomic mass is 19.1. The van der Waals surface area contributed by atoms with Crippen molar-refractivity contribution in [1.29, 1.82) is 0 Å². The molecule has 2 aromatic rings. The fourth-order valence-corrected chi connectivity index (χ4v) is 5.69. The third-order valence-corrected chi connectivity index (χ3v) is 7.69. The van der Waals surface area contributed by atoms with Crippen LogP contribution in [0.4, 0.5) is 15.0 Å². The summed E-state index contributed by atoms with van der Waals surface area (Å²) >= 11 is 0. The largest absolute Gasteiger partial charge is 0.444 e. The summed E-state index contributed by atoms with van der Waals surface area (Å²) in [6.45, 7) is 5.38. The summed E-state index contributed by atoms with van der Waals surface area (Å²) in [5.74, 6) is -0.980. The molecule has 2 amide bonds. The summed E-state index contributed by atoms with van der Waals surface area (Å²) in [5.41, 5.74) is -0.533. The van der Waals surface area contributed by atoms with Crippen LogP contribution in [0.15, 0.2) is 12.1 Å². The zero-order valence-electron chi connectivity index (χ0n) is 27.6. The van der Waals surface area contributed by atoms with Crippen molar-refractivity contribution in [3.63, 3.8) is 0 Å². The smallest absolute Gasteiger partial charge is 0.408 e. The maximum Gasteiger partial charge on any atom is 0.408 e. The lowest BCUT2D eigenvalue weighted by Crippen LogP contribution is -2.51. The number of ether oxygens (including phenoxy) is 2. The predicted molar refractivity (Wildman–Crippen MR) is 149 cm³/mol. The molecular formula is C30H42FN5O4. The van der Waals surface area contributed by atoms with Gasteiger partial charge in [-0.3, -0.25) is 4.79 Å². The van der Waals surface area contributed by atoms with Crippen molar-refractivity contribution in [3.05, 3.63) is 29.5 Å². The monoisotopic (exact) mass is 559 g/mol. The highest BCUT2D eigenvalue weighted by Gasteiger charge is 2.48. The van der Waals surface area contributed by atoms with Crippen molar-refractivity contribution in [1.82, 2.24) is 20.1 Å². The number of halogens is 1. The fourth-order valence-electron chi connectivity index (χ4n) is 5.69. The predicted octanol–water partition coefficient (Wildman–Crippen LogP) is 5.92. The van der Waals surface area contributed by atoms with Crippen LogP contribution in [0.5, 0.6) is 0 Å². The first kappa shape index (κ1) is 23.7. The Balaban J connectivity index is 1.44. The molecule has 40 heavy (non-hydrogen) atoms. The van der Waals surface area contributed by atoms with E-state index >= 15 is 4.39 Å². The maximum atomic E-state index is 15.8. The minimum Gasteiger partial charge on any atom is -0.444 e. The van der Waals surface area contributed by atoms with Gasteiger partial charge in [0.15, 0.2) is 0 Å². The van der Waals surface area contributed by atoms with Gasteiger partial charge in [-0.15, -0.1) is 0 Å². The highest BCUT2D eigenvalue weighted by Crippen LogP contribution is 2.51. The molecule has 3 heterocycles. The topological polar surface area (TPSA) is 107 Å². The quantitative estimate of drug-likeness (QED) is 0.369. The number of hydrogen-bond acceptors (Lipinski definition) is 6. The third kappa shape index (κ3) is 6.48. The number of aryl methyl sites for hydroxylation is 1. The third-order valence-electron chi connectivity index (χ3n) is 7.69. The lowest BCUT2D eigenvalue weighted by molar-refractivity contribution is -0.120. The van der Waals surface area contributed by atoms with E-state index in [1.54, 1.807) is 27.7 Å². The number of amides is 2. The van der Waals surface area contributed by atoms with Crippen molar-refractivity contribution < 1.29 is 28.9 Å². The highest BCUT2D eigenvalue weighted by molar-refractivity contribution is 5.96. The minimum atomic E-state index is -2.50. The van der Waals surface area contributed by atoms with Crippen LogP contribution in [0.25, 0.3) is 11.1 Å². The van der Waals surface area contributed by atoms with Gasteiger partial charge < -0.3 is 20.1 Å². The molecule has 2 saturated carbocycles. The van der Waals surface area contributed by atoms with Crippen LogP contribution >= 0.6 is 0 Å². The van der Waals surface area contributed by atoms with Gasteiger partial charge in [0.1, 0.15) is 23.7 Å². The molecule has 9 nitrogen and oxygen atoms in total. The van der Waals surface area contributed by atoms with Gasteiger partial charge >= 0.3 is 6.09 Å². The number of carbonyl (C=O) groups excluding carboxylic acids is 2. The standard InChI is InChI=1S/C30H42FN5O4/c1-6-21-24(17(2)35-36(21)23-9-7-8-16-39-23)20-14-15-22(32-27(20)31)33-28(37)26(34-29(38)40-30(3,4)5)25(18-10-11-18)19-12-13-19/h14-15,18-19,23,25-26H,6-13,16H2,1-5H3,(H,34,38)(H,32,33,37)/t23?,26-/m0/s1/i1D2,6D2. The molecule has 0 spiro atoms. The van der Waals surface area contributed by atoms with E-state index in [4.69, 9.17) is 15.0 Å². The van der Waals surface area contributed by atoms with Crippen LogP contribution in [0.2, 0.25) is 0 Å².